The number of aliphatic hydroxyl groups excluding tert-OH is 1. The van der Waals surface area contributed by atoms with E-state index in [1.54, 1.807) is 5.56 Å². The second-order valence-electron chi connectivity index (χ2n) is 5.86. The molecule has 0 aliphatic carbocycles. The van der Waals surface area contributed by atoms with Crippen LogP contribution >= 0.6 is 0 Å². The van der Waals surface area contributed by atoms with E-state index in [1.807, 2.05) is 0 Å². The van der Waals surface area contributed by atoms with Crippen LogP contribution in [0.5, 0.6) is 0 Å². The Morgan fingerprint density at radius 1 is 1.26 bits per heavy atom. The summed E-state index contributed by atoms with van der Waals surface area (Å²) in [6.45, 7) is 2.70. The summed E-state index contributed by atoms with van der Waals surface area (Å²) < 4.78 is 0. The van der Waals surface area contributed by atoms with Crippen molar-refractivity contribution in [2.75, 3.05) is 24.6 Å². The van der Waals surface area contributed by atoms with Crippen LogP contribution < -0.4 is 4.90 Å². The largest absolute Gasteiger partial charge is 0.396 e. The molecule has 3 aliphatic heterocycles. The summed E-state index contributed by atoms with van der Waals surface area (Å²) in [5.41, 5.74) is 4.18. The van der Waals surface area contributed by atoms with Crippen molar-refractivity contribution in [3.05, 3.63) is 29.3 Å². The zero-order valence-electron chi connectivity index (χ0n) is 11.2. The number of aryl methyl sites for hydroxylation is 1. The van der Waals surface area contributed by atoms with Crippen molar-refractivity contribution in [2.45, 2.75) is 31.6 Å². The molecule has 3 heteroatoms. The number of fused-ring (bicyclic) bond motifs is 3. The second-order valence-corrected chi connectivity index (χ2v) is 5.86. The van der Waals surface area contributed by atoms with Crippen molar-refractivity contribution in [2.24, 2.45) is 0 Å². The highest BCUT2D eigenvalue weighted by atomic mass is 16.2. The highest BCUT2D eigenvalue weighted by Gasteiger charge is 2.33. The summed E-state index contributed by atoms with van der Waals surface area (Å²) in [6, 6.07) is 6.74. The molecule has 1 aromatic heterocycles. The normalized spacial score (nSPS) is 18.3. The molecule has 2 bridgehead atoms. The fourth-order valence-electron chi connectivity index (χ4n) is 3.74. The molecule has 0 saturated carbocycles. The van der Waals surface area contributed by atoms with Crippen LogP contribution in [0.25, 0.3) is 10.9 Å². The number of piperidine rings is 1. The van der Waals surface area contributed by atoms with E-state index >= 15 is 0 Å². The monoisotopic (exact) mass is 256 g/mol. The first-order valence-corrected chi connectivity index (χ1v) is 7.37. The lowest BCUT2D eigenvalue weighted by Crippen LogP contribution is -2.38. The minimum absolute atomic E-state index is 0.277. The Bertz CT molecular complexity index is 608. The highest BCUT2D eigenvalue weighted by Crippen LogP contribution is 2.45. The molecular formula is C16H20N2O. The summed E-state index contributed by atoms with van der Waals surface area (Å²) in [6.07, 6.45) is 4.44. The molecule has 1 saturated heterocycles. The van der Waals surface area contributed by atoms with Gasteiger partial charge in [-0.3, -0.25) is 0 Å². The minimum atomic E-state index is 0.277. The second kappa shape index (κ2) is 4.27. The van der Waals surface area contributed by atoms with Gasteiger partial charge in [0.2, 0.25) is 0 Å². The van der Waals surface area contributed by atoms with Crippen LogP contribution in [-0.2, 0) is 6.42 Å². The molecule has 0 radical (unpaired) electrons. The van der Waals surface area contributed by atoms with Crippen molar-refractivity contribution in [1.82, 2.24) is 4.98 Å². The number of aromatic nitrogens is 1. The average molecular weight is 256 g/mol. The number of H-pyrrole nitrogens is 1. The lowest BCUT2D eigenvalue weighted by molar-refractivity contribution is 0.288. The van der Waals surface area contributed by atoms with Crippen LogP contribution in [0, 0.1) is 0 Å². The van der Waals surface area contributed by atoms with E-state index in [2.05, 4.69) is 28.1 Å². The van der Waals surface area contributed by atoms with E-state index in [0.717, 1.165) is 18.8 Å². The number of nitrogens with zero attached hydrogens (tertiary/aromatic N) is 1. The highest BCUT2D eigenvalue weighted by molar-refractivity contribution is 5.91. The minimum Gasteiger partial charge on any atom is -0.396 e. The van der Waals surface area contributed by atoms with Gasteiger partial charge in [-0.25, -0.2) is 0 Å². The summed E-state index contributed by atoms with van der Waals surface area (Å²) >= 11 is 0. The van der Waals surface area contributed by atoms with Crippen molar-refractivity contribution in [3.8, 4) is 0 Å². The molecule has 4 heterocycles. The number of rotatable bonds is 3. The van der Waals surface area contributed by atoms with Gasteiger partial charge in [0.25, 0.3) is 0 Å². The fourth-order valence-corrected chi connectivity index (χ4v) is 3.74. The van der Waals surface area contributed by atoms with Gasteiger partial charge in [-0.15, -0.1) is 0 Å². The molecule has 1 fully saturated rings. The van der Waals surface area contributed by atoms with Crippen LogP contribution in [0.1, 0.15) is 36.3 Å². The zero-order valence-corrected chi connectivity index (χ0v) is 11.2. The first-order valence-electron chi connectivity index (χ1n) is 7.37. The number of nitrogens with one attached hydrogen (secondary N) is 1. The fraction of sp³-hybridized carbons (Fsp3) is 0.500. The van der Waals surface area contributed by atoms with Gasteiger partial charge in [-0.05, 0) is 49.3 Å². The predicted molar refractivity (Wildman–Crippen MR) is 77.9 cm³/mol. The third kappa shape index (κ3) is 1.68. The van der Waals surface area contributed by atoms with Crippen molar-refractivity contribution in [1.29, 1.82) is 0 Å². The molecule has 0 amide bonds. The van der Waals surface area contributed by atoms with Gasteiger partial charge in [0.05, 0.1) is 0 Å². The summed E-state index contributed by atoms with van der Waals surface area (Å²) in [5.74, 6) is 2.12. The molecule has 1 aromatic carbocycles. The smallest absolute Gasteiger partial charge is 0.110 e. The van der Waals surface area contributed by atoms with E-state index in [-0.39, 0.29) is 6.61 Å². The summed E-state index contributed by atoms with van der Waals surface area (Å²) in [7, 11) is 0. The van der Waals surface area contributed by atoms with Crippen LogP contribution in [0.3, 0.4) is 0 Å². The van der Waals surface area contributed by atoms with Crippen LogP contribution in [0.15, 0.2) is 18.2 Å². The Balaban J connectivity index is 1.83. The topological polar surface area (TPSA) is 39.3 Å². The molecule has 3 aliphatic rings. The summed E-state index contributed by atoms with van der Waals surface area (Å²) in [5, 5.41) is 10.4. The number of hydrogen-bond donors (Lipinski definition) is 2. The van der Waals surface area contributed by atoms with Gasteiger partial charge >= 0.3 is 0 Å². The third-order valence-corrected chi connectivity index (χ3v) is 4.73. The lowest BCUT2D eigenvalue weighted by Gasteiger charge is -2.40. The predicted octanol–water partition coefficient (Wildman–Crippen LogP) is 2.79. The van der Waals surface area contributed by atoms with Crippen molar-refractivity contribution < 1.29 is 5.11 Å². The Hall–Kier alpha value is -1.48. The van der Waals surface area contributed by atoms with E-state index < -0.39 is 0 Å². The Kier molecular flexibility index (Phi) is 2.55. The van der Waals surface area contributed by atoms with Crippen LogP contribution in [0.4, 0.5) is 5.82 Å². The molecule has 100 valence electrons. The maximum absolute atomic E-state index is 8.97. The number of aromatic amines is 1. The first kappa shape index (κ1) is 11.4. The van der Waals surface area contributed by atoms with E-state index in [0.29, 0.717) is 0 Å². The maximum Gasteiger partial charge on any atom is 0.110 e. The van der Waals surface area contributed by atoms with Gasteiger partial charge in [-0.1, -0.05) is 6.07 Å². The van der Waals surface area contributed by atoms with Crippen LogP contribution in [0.2, 0.25) is 0 Å². The molecule has 0 spiro atoms. The summed E-state index contributed by atoms with van der Waals surface area (Å²) in [4.78, 5) is 6.11. The maximum atomic E-state index is 8.97. The van der Waals surface area contributed by atoms with Crippen molar-refractivity contribution >= 4 is 16.7 Å². The molecular weight excluding hydrogens is 236 g/mol. The van der Waals surface area contributed by atoms with Gasteiger partial charge in [0.15, 0.2) is 0 Å². The molecule has 19 heavy (non-hydrogen) atoms. The lowest BCUT2D eigenvalue weighted by atomic mass is 9.84. The number of aliphatic hydroxyl groups is 1. The molecule has 3 nitrogen and oxygen atoms in total. The molecule has 2 N–H and O–H groups in total. The standard InChI is InChI=1S/C16H20N2O/c19-9-1-2-11-3-4-14-13(10-11)15-12-5-7-18(8-6-12)16(15)17-14/h3-4,10,12,17,19H,1-2,5-9H2. The van der Waals surface area contributed by atoms with Gasteiger partial charge in [0.1, 0.15) is 5.82 Å². The number of hydrogen-bond acceptors (Lipinski definition) is 2. The van der Waals surface area contributed by atoms with Crippen molar-refractivity contribution in [3.63, 3.8) is 0 Å². The number of benzene rings is 1. The zero-order chi connectivity index (χ0) is 12.8. The molecule has 5 rings (SSSR count). The quantitative estimate of drug-likeness (QED) is 0.886. The first-order chi connectivity index (χ1) is 9.36. The molecule has 2 aromatic rings. The van der Waals surface area contributed by atoms with Crippen LogP contribution in [-0.4, -0.2) is 29.8 Å². The Morgan fingerprint density at radius 2 is 2.11 bits per heavy atom. The van der Waals surface area contributed by atoms with Gasteiger partial charge in [-0.2, -0.15) is 0 Å². The van der Waals surface area contributed by atoms with E-state index in [4.69, 9.17) is 5.11 Å². The SMILES string of the molecule is OCCCc1ccc2[nH]c3c(c2c1)C1CCN3CC1. The van der Waals surface area contributed by atoms with E-state index in [9.17, 15) is 0 Å². The Labute approximate surface area is 113 Å². The number of anilines is 1. The molecule has 0 atom stereocenters. The van der Waals surface area contributed by atoms with Gasteiger partial charge in [0, 0.05) is 36.2 Å². The van der Waals surface area contributed by atoms with E-state index in [1.165, 1.54) is 48.2 Å². The Morgan fingerprint density at radius 3 is 2.89 bits per heavy atom. The third-order valence-electron chi connectivity index (χ3n) is 4.73. The molecule has 0 unspecified atom stereocenters. The average Bonchev–Trinajstić information content (AvgIpc) is 2.87. The van der Waals surface area contributed by atoms with Gasteiger partial charge < -0.3 is 15.0 Å².